The van der Waals surface area contributed by atoms with Crippen LogP contribution in [0.5, 0.6) is 17.2 Å². The molecule has 5 aromatic rings. The summed E-state index contributed by atoms with van der Waals surface area (Å²) in [5.41, 5.74) is 4.89. The van der Waals surface area contributed by atoms with Crippen molar-refractivity contribution in [3.8, 4) is 28.6 Å². The maximum absolute atomic E-state index is 13.9. The molecule has 0 aliphatic carbocycles. The lowest BCUT2D eigenvalue weighted by atomic mass is 9.96. The number of fused-ring (bicyclic) bond motifs is 1. The number of para-hydroxylation sites is 1. The van der Waals surface area contributed by atoms with Crippen LogP contribution in [0.1, 0.15) is 55.9 Å². The molecule has 0 unspecified atom stereocenters. The van der Waals surface area contributed by atoms with E-state index in [1.54, 1.807) is 12.3 Å². The van der Waals surface area contributed by atoms with Crippen LogP contribution < -0.4 is 19.8 Å². The Morgan fingerprint density at radius 1 is 0.911 bits per heavy atom. The predicted octanol–water partition coefficient (Wildman–Crippen LogP) is 9.28. The van der Waals surface area contributed by atoms with Crippen LogP contribution >= 0.6 is 31.9 Å². The minimum Gasteiger partial charge on any atom is -0.494 e. The summed E-state index contributed by atoms with van der Waals surface area (Å²) < 4.78 is 21.2. The number of aryl methyl sites for hydroxylation is 1. The van der Waals surface area contributed by atoms with E-state index in [-0.39, 0.29) is 11.5 Å². The minimum atomic E-state index is -0.259. The zero-order valence-corrected chi connectivity index (χ0v) is 29.1. The van der Waals surface area contributed by atoms with Crippen molar-refractivity contribution >= 4 is 49.0 Å². The number of rotatable bonds is 11. The Kier molecular flexibility index (Phi) is 10.4. The molecule has 0 saturated carbocycles. The number of nitrogens with zero attached hydrogens (tertiary/aromatic N) is 3. The van der Waals surface area contributed by atoms with Crippen molar-refractivity contribution in [3.63, 3.8) is 0 Å². The molecule has 4 aromatic carbocycles. The van der Waals surface area contributed by atoms with Gasteiger partial charge in [-0.05, 0) is 113 Å². The van der Waals surface area contributed by atoms with Crippen LogP contribution in [-0.4, -0.2) is 29.1 Å². The van der Waals surface area contributed by atoms with Gasteiger partial charge in [0, 0.05) is 10.0 Å². The smallest absolute Gasteiger partial charge is 0.282 e. The normalized spacial score (nSPS) is 11.5. The highest BCUT2D eigenvalue weighted by Gasteiger charge is 2.19. The summed E-state index contributed by atoms with van der Waals surface area (Å²) in [5, 5.41) is 5.20. The Labute approximate surface area is 280 Å². The molecule has 9 heteroatoms. The topological polar surface area (TPSA) is 74.9 Å². The second-order valence-corrected chi connectivity index (χ2v) is 12.6. The second kappa shape index (κ2) is 14.4. The highest BCUT2D eigenvalue weighted by molar-refractivity contribution is 9.10. The lowest BCUT2D eigenvalue weighted by Crippen LogP contribution is -2.21. The van der Waals surface area contributed by atoms with Crippen molar-refractivity contribution in [2.75, 3.05) is 13.2 Å². The molecule has 0 bridgehead atoms. The monoisotopic (exact) mass is 731 g/mol. The Balaban J connectivity index is 1.59. The molecular weight excluding hydrogens is 698 g/mol. The highest BCUT2D eigenvalue weighted by atomic mass is 79.9. The van der Waals surface area contributed by atoms with Gasteiger partial charge in [0.1, 0.15) is 12.4 Å². The zero-order chi connectivity index (χ0) is 32.1. The van der Waals surface area contributed by atoms with Gasteiger partial charge in [-0.3, -0.25) is 4.79 Å². The fourth-order valence-corrected chi connectivity index (χ4v) is 5.84. The van der Waals surface area contributed by atoms with Crippen molar-refractivity contribution in [2.24, 2.45) is 5.10 Å². The summed E-state index contributed by atoms with van der Waals surface area (Å²) in [7, 11) is 0. The predicted molar refractivity (Wildman–Crippen MR) is 188 cm³/mol. The lowest BCUT2D eigenvalue weighted by Gasteiger charge is -2.18. The summed E-state index contributed by atoms with van der Waals surface area (Å²) in [4.78, 5) is 18.8. The van der Waals surface area contributed by atoms with Gasteiger partial charge < -0.3 is 14.2 Å². The molecule has 0 fully saturated rings. The average molecular weight is 734 g/mol. The van der Waals surface area contributed by atoms with Crippen molar-refractivity contribution < 1.29 is 14.2 Å². The molecule has 1 heterocycles. The average Bonchev–Trinajstić information content (AvgIpc) is 3.01. The van der Waals surface area contributed by atoms with Crippen molar-refractivity contribution in [3.05, 3.63) is 114 Å². The van der Waals surface area contributed by atoms with Gasteiger partial charge in [-0.2, -0.15) is 9.78 Å². The van der Waals surface area contributed by atoms with Crippen LogP contribution in [0.15, 0.2) is 91.6 Å². The standard InChI is InChI=1S/C36H35Br2N3O4/c1-6-43-32-16-23(5)29(19-28(32)22(3)4)35-40-31-11-9-8-10-27(31)36(42)41(35)39-20-25-17-30(38)34(33(18-25)44-7-2)45-21-24-12-14-26(37)15-13-24/h8-20,22H,6-7,21H2,1-5H3. The van der Waals surface area contributed by atoms with E-state index in [9.17, 15) is 4.79 Å². The Bertz CT molecular complexity index is 1920. The molecule has 0 N–H and O–H groups in total. The van der Waals surface area contributed by atoms with Crippen LogP contribution in [0.2, 0.25) is 0 Å². The summed E-state index contributed by atoms with van der Waals surface area (Å²) >= 11 is 7.13. The van der Waals surface area contributed by atoms with Crippen molar-refractivity contribution in [1.29, 1.82) is 0 Å². The molecule has 1 aromatic heterocycles. The second-order valence-electron chi connectivity index (χ2n) is 10.8. The van der Waals surface area contributed by atoms with Crippen molar-refractivity contribution in [2.45, 2.75) is 47.1 Å². The molecule has 232 valence electrons. The third kappa shape index (κ3) is 7.31. The molecule has 0 radical (unpaired) electrons. The SMILES string of the molecule is CCOc1cc(C)c(-c2nc3ccccc3c(=O)n2N=Cc2cc(Br)c(OCc3ccc(Br)cc3)c(OCC)c2)cc1C(C)C. The van der Waals surface area contributed by atoms with Gasteiger partial charge in [0.2, 0.25) is 0 Å². The molecule has 5 rings (SSSR count). The fourth-order valence-electron chi connectivity index (χ4n) is 5.00. The maximum atomic E-state index is 13.9. The largest absolute Gasteiger partial charge is 0.494 e. The molecule has 7 nitrogen and oxygen atoms in total. The van der Waals surface area contributed by atoms with Gasteiger partial charge in [0.05, 0.1) is 34.8 Å². The maximum Gasteiger partial charge on any atom is 0.282 e. The summed E-state index contributed by atoms with van der Waals surface area (Å²) in [6, 6.07) is 23.1. The highest BCUT2D eigenvalue weighted by Crippen LogP contribution is 2.38. The van der Waals surface area contributed by atoms with E-state index < -0.39 is 0 Å². The first kappa shape index (κ1) is 32.4. The van der Waals surface area contributed by atoms with Crippen LogP contribution in [-0.2, 0) is 6.61 Å². The van der Waals surface area contributed by atoms with Crippen LogP contribution in [0, 0.1) is 6.92 Å². The van der Waals surface area contributed by atoms with Crippen LogP contribution in [0.25, 0.3) is 22.3 Å². The molecule has 0 aliphatic rings. The molecule has 0 aliphatic heterocycles. The van der Waals surface area contributed by atoms with Crippen LogP contribution in [0.4, 0.5) is 0 Å². The molecule has 0 saturated heterocycles. The number of hydrogen-bond acceptors (Lipinski definition) is 6. The number of hydrogen-bond donors (Lipinski definition) is 0. The summed E-state index contributed by atoms with van der Waals surface area (Å²) in [6.07, 6.45) is 1.64. The third-order valence-electron chi connectivity index (χ3n) is 7.22. The van der Waals surface area contributed by atoms with E-state index >= 15 is 0 Å². The number of ether oxygens (including phenoxy) is 3. The van der Waals surface area contributed by atoms with Crippen molar-refractivity contribution in [1.82, 2.24) is 9.66 Å². The van der Waals surface area contributed by atoms with Crippen LogP contribution in [0.3, 0.4) is 0 Å². The van der Waals surface area contributed by atoms with Gasteiger partial charge >= 0.3 is 0 Å². The fraction of sp³-hybridized carbons (Fsp3) is 0.250. The third-order valence-corrected chi connectivity index (χ3v) is 8.34. The lowest BCUT2D eigenvalue weighted by molar-refractivity contribution is 0.267. The molecule has 0 amide bonds. The van der Waals surface area contributed by atoms with E-state index in [1.165, 1.54) is 4.68 Å². The van der Waals surface area contributed by atoms with Gasteiger partial charge in [0.15, 0.2) is 17.3 Å². The van der Waals surface area contributed by atoms with E-state index in [2.05, 4.69) is 51.8 Å². The summed E-state index contributed by atoms with van der Waals surface area (Å²) in [6.45, 7) is 11.5. The molecule has 45 heavy (non-hydrogen) atoms. The zero-order valence-electron chi connectivity index (χ0n) is 25.9. The van der Waals surface area contributed by atoms with Gasteiger partial charge in [-0.25, -0.2) is 4.98 Å². The number of benzene rings is 4. The summed E-state index contributed by atoms with van der Waals surface area (Å²) in [5.74, 6) is 2.65. The quantitative estimate of drug-likeness (QED) is 0.127. The minimum absolute atomic E-state index is 0.203. The van der Waals surface area contributed by atoms with Gasteiger partial charge in [-0.1, -0.05) is 54.0 Å². The van der Waals surface area contributed by atoms with E-state index in [0.717, 1.165) is 38.0 Å². The first-order valence-electron chi connectivity index (χ1n) is 14.9. The molecule has 0 spiro atoms. The molecule has 0 atom stereocenters. The Morgan fingerprint density at radius 3 is 2.33 bits per heavy atom. The molecular formula is C36H35Br2N3O4. The van der Waals surface area contributed by atoms with Gasteiger partial charge in [0.25, 0.3) is 5.56 Å². The number of halogens is 2. The van der Waals surface area contributed by atoms with Gasteiger partial charge in [-0.15, -0.1) is 0 Å². The Hall–Kier alpha value is -3.95. The van der Waals surface area contributed by atoms with E-state index in [1.807, 2.05) is 81.4 Å². The van der Waals surface area contributed by atoms with E-state index in [0.29, 0.717) is 52.5 Å². The number of aromatic nitrogens is 2. The van der Waals surface area contributed by atoms with E-state index in [4.69, 9.17) is 24.3 Å². The first-order valence-corrected chi connectivity index (χ1v) is 16.5. The Morgan fingerprint density at radius 2 is 1.62 bits per heavy atom. The first-order chi connectivity index (χ1) is 21.7.